The number of aromatic carboxylic acids is 1. The molecule has 1 N–H and O–H groups in total. The summed E-state index contributed by atoms with van der Waals surface area (Å²) >= 11 is 1.27. The number of rotatable bonds is 5. The molecule has 0 amide bonds. The minimum absolute atomic E-state index is 0.254. The maximum Gasteiger partial charge on any atom is 0.347 e. The van der Waals surface area contributed by atoms with Crippen molar-refractivity contribution in [1.29, 1.82) is 0 Å². The molecule has 5 nitrogen and oxygen atoms in total. The van der Waals surface area contributed by atoms with Crippen LogP contribution in [0.2, 0.25) is 0 Å². The summed E-state index contributed by atoms with van der Waals surface area (Å²) in [5.41, 5.74) is 0.538. The van der Waals surface area contributed by atoms with Gasteiger partial charge >= 0.3 is 5.97 Å². The molecule has 1 aliphatic heterocycles. The molecule has 6 heteroatoms. The maximum absolute atomic E-state index is 11.3. The number of hydrogen-bond donors (Lipinski definition) is 1. The lowest BCUT2D eigenvalue weighted by Crippen LogP contribution is -2.24. The highest BCUT2D eigenvalue weighted by atomic mass is 32.1. The molecule has 1 saturated heterocycles. The fourth-order valence-electron chi connectivity index (χ4n) is 2.64. The normalized spacial score (nSPS) is 19.9. The van der Waals surface area contributed by atoms with Gasteiger partial charge in [0.1, 0.15) is 4.88 Å². The van der Waals surface area contributed by atoms with E-state index in [1.54, 1.807) is 7.11 Å². The molecule has 1 aromatic heterocycles. The van der Waals surface area contributed by atoms with Crippen LogP contribution in [-0.4, -0.2) is 36.3 Å². The molecule has 1 aliphatic rings. The van der Waals surface area contributed by atoms with Crippen molar-refractivity contribution in [2.75, 3.05) is 25.1 Å². The van der Waals surface area contributed by atoms with Crippen LogP contribution in [0.3, 0.4) is 0 Å². The molecule has 0 saturated carbocycles. The fraction of sp³-hybridized carbons (Fsp3) is 0.714. The SMILES string of the molecule is CCC1CCCN(c2nc(COC)c(C(=O)O)s2)CC1. The molecule has 112 valence electrons. The van der Waals surface area contributed by atoms with Gasteiger partial charge in [0.2, 0.25) is 0 Å². The van der Waals surface area contributed by atoms with Gasteiger partial charge in [-0.25, -0.2) is 9.78 Å². The van der Waals surface area contributed by atoms with Crippen LogP contribution in [0.1, 0.15) is 48.0 Å². The summed E-state index contributed by atoms with van der Waals surface area (Å²) in [7, 11) is 1.56. The highest BCUT2D eigenvalue weighted by molar-refractivity contribution is 7.17. The molecule has 2 rings (SSSR count). The smallest absolute Gasteiger partial charge is 0.347 e. The topological polar surface area (TPSA) is 62.7 Å². The Balaban J connectivity index is 2.15. The Bertz CT molecular complexity index is 461. The van der Waals surface area contributed by atoms with Crippen LogP contribution in [0, 0.1) is 5.92 Å². The Morgan fingerprint density at radius 2 is 2.30 bits per heavy atom. The van der Waals surface area contributed by atoms with E-state index >= 15 is 0 Å². The Kier molecular flexibility index (Phi) is 5.37. The van der Waals surface area contributed by atoms with E-state index in [1.165, 1.54) is 24.2 Å². The largest absolute Gasteiger partial charge is 0.477 e. The van der Waals surface area contributed by atoms with E-state index in [1.807, 2.05) is 0 Å². The monoisotopic (exact) mass is 298 g/mol. The average Bonchev–Trinajstić information content (AvgIpc) is 2.70. The third kappa shape index (κ3) is 3.49. The summed E-state index contributed by atoms with van der Waals surface area (Å²) in [5.74, 6) is -0.126. The van der Waals surface area contributed by atoms with Crippen molar-refractivity contribution in [2.45, 2.75) is 39.2 Å². The average molecular weight is 298 g/mol. The molecule has 0 aromatic carbocycles. The molecule has 1 atom stereocenters. The number of methoxy groups -OCH3 is 1. The summed E-state index contributed by atoms with van der Waals surface area (Å²) in [6.45, 7) is 4.43. The third-order valence-corrected chi connectivity index (χ3v) is 5.00. The Hall–Kier alpha value is -1.14. The standard InChI is InChI=1S/C14H22N2O3S/c1-3-10-5-4-7-16(8-6-10)14-15-11(9-19-2)12(20-14)13(17)18/h10H,3-9H2,1-2H3,(H,17,18). The number of thiazole rings is 1. The molecule has 2 heterocycles. The van der Waals surface area contributed by atoms with Crippen LogP contribution >= 0.6 is 11.3 Å². The number of anilines is 1. The van der Waals surface area contributed by atoms with Crippen LogP contribution < -0.4 is 4.90 Å². The number of carboxylic acids is 1. The van der Waals surface area contributed by atoms with Crippen molar-refractivity contribution in [3.63, 3.8) is 0 Å². The van der Waals surface area contributed by atoms with Crippen molar-refractivity contribution in [3.8, 4) is 0 Å². The van der Waals surface area contributed by atoms with Crippen molar-refractivity contribution >= 4 is 22.4 Å². The number of carboxylic acid groups (broad SMARTS) is 1. The first kappa shape index (κ1) is 15.3. The van der Waals surface area contributed by atoms with Gasteiger partial charge in [-0.05, 0) is 25.2 Å². The fourth-order valence-corrected chi connectivity index (χ4v) is 3.60. The van der Waals surface area contributed by atoms with Crippen LogP contribution in [-0.2, 0) is 11.3 Å². The van der Waals surface area contributed by atoms with Crippen LogP contribution in [0.4, 0.5) is 5.13 Å². The molecular formula is C14H22N2O3S. The van der Waals surface area contributed by atoms with Crippen LogP contribution in [0.15, 0.2) is 0 Å². The molecule has 0 bridgehead atoms. The minimum Gasteiger partial charge on any atom is -0.477 e. The van der Waals surface area contributed by atoms with E-state index in [-0.39, 0.29) is 6.61 Å². The first-order valence-electron chi connectivity index (χ1n) is 7.12. The molecule has 1 unspecified atom stereocenters. The number of ether oxygens (including phenoxy) is 1. The summed E-state index contributed by atoms with van der Waals surface area (Å²) in [5, 5.41) is 10.1. The number of carbonyl (C=O) groups is 1. The van der Waals surface area contributed by atoms with Crippen molar-refractivity contribution in [1.82, 2.24) is 4.98 Å². The second-order valence-electron chi connectivity index (χ2n) is 5.20. The Morgan fingerprint density at radius 3 is 2.95 bits per heavy atom. The zero-order valence-electron chi connectivity index (χ0n) is 12.1. The first-order chi connectivity index (χ1) is 9.65. The predicted molar refractivity (Wildman–Crippen MR) is 79.6 cm³/mol. The van der Waals surface area contributed by atoms with Crippen LogP contribution in [0.5, 0.6) is 0 Å². The maximum atomic E-state index is 11.3. The minimum atomic E-state index is -0.915. The lowest BCUT2D eigenvalue weighted by molar-refractivity contribution is 0.0697. The van der Waals surface area contributed by atoms with Gasteiger partial charge in [0.25, 0.3) is 0 Å². The van der Waals surface area contributed by atoms with Gasteiger partial charge in [0.15, 0.2) is 5.13 Å². The lowest BCUT2D eigenvalue weighted by atomic mass is 9.98. The molecule has 1 aromatic rings. The molecule has 1 fully saturated rings. The molecular weight excluding hydrogens is 276 g/mol. The van der Waals surface area contributed by atoms with Gasteiger partial charge in [-0.15, -0.1) is 0 Å². The van der Waals surface area contributed by atoms with Crippen molar-refractivity contribution in [3.05, 3.63) is 10.6 Å². The zero-order chi connectivity index (χ0) is 14.5. The molecule has 0 radical (unpaired) electrons. The van der Waals surface area contributed by atoms with Gasteiger partial charge in [-0.2, -0.15) is 0 Å². The number of hydrogen-bond acceptors (Lipinski definition) is 5. The van der Waals surface area contributed by atoms with E-state index in [0.717, 1.165) is 37.0 Å². The number of nitrogens with zero attached hydrogens (tertiary/aromatic N) is 2. The lowest BCUT2D eigenvalue weighted by Gasteiger charge is -2.19. The second kappa shape index (κ2) is 7.04. The summed E-state index contributed by atoms with van der Waals surface area (Å²) in [4.78, 5) is 18.3. The third-order valence-electron chi connectivity index (χ3n) is 3.86. The predicted octanol–water partition coefficient (Wildman–Crippen LogP) is 3.00. The first-order valence-corrected chi connectivity index (χ1v) is 7.94. The quantitative estimate of drug-likeness (QED) is 0.905. The van der Waals surface area contributed by atoms with Crippen molar-refractivity contribution < 1.29 is 14.6 Å². The Morgan fingerprint density at radius 1 is 1.50 bits per heavy atom. The van der Waals surface area contributed by atoms with E-state index in [4.69, 9.17) is 4.74 Å². The summed E-state index contributed by atoms with van der Waals surface area (Å²) in [6, 6.07) is 0. The molecule has 0 aliphatic carbocycles. The summed E-state index contributed by atoms with van der Waals surface area (Å²) in [6.07, 6.45) is 4.80. The second-order valence-corrected chi connectivity index (χ2v) is 6.18. The Labute approximate surface area is 123 Å². The van der Waals surface area contributed by atoms with E-state index in [9.17, 15) is 9.90 Å². The van der Waals surface area contributed by atoms with E-state index < -0.39 is 5.97 Å². The highest BCUT2D eigenvalue weighted by Gasteiger charge is 2.22. The van der Waals surface area contributed by atoms with Gasteiger partial charge < -0.3 is 14.7 Å². The zero-order valence-corrected chi connectivity index (χ0v) is 12.9. The molecule has 20 heavy (non-hydrogen) atoms. The summed E-state index contributed by atoms with van der Waals surface area (Å²) < 4.78 is 5.04. The van der Waals surface area contributed by atoms with Gasteiger partial charge in [0.05, 0.1) is 12.3 Å². The molecule has 0 spiro atoms. The van der Waals surface area contributed by atoms with Crippen LogP contribution in [0.25, 0.3) is 0 Å². The number of aromatic nitrogens is 1. The van der Waals surface area contributed by atoms with Gasteiger partial charge in [-0.1, -0.05) is 24.7 Å². The van der Waals surface area contributed by atoms with E-state index in [2.05, 4.69) is 16.8 Å². The van der Waals surface area contributed by atoms with Gasteiger partial charge in [0, 0.05) is 20.2 Å². The van der Waals surface area contributed by atoms with Gasteiger partial charge in [-0.3, -0.25) is 0 Å². The van der Waals surface area contributed by atoms with Crippen molar-refractivity contribution in [2.24, 2.45) is 5.92 Å². The van der Waals surface area contributed by atoms with E-state index in [0.29, 0.717) is 10.6 Å². The highest BCUT2D eigenvalue weighted by Crippen LogP contribution is 2.30.